The van der Waals surface area contributed by atoms with Crippen molar-refractivity contribution in [1.82, 2.24) is 5.32 Å². The molecule has 3 aliphatic rings. The maximum Gasteiger partial charge on any atom is 0.223 e. The Balaban J connectivity index is 1.33. The van der Waals surface area contributed by atoms with Crippen LogP contribution >= 0.6 is 0 Å². The number of ether oxygens (including phenoxy) is 2. The molecule has 0 bridgehead atoms. The van der Waals surface area contributed by atoms with Gasteiger partial charge in [0.15, 0.2) is 0 Å². The first-order chi connectivity index (χ1) is 11.7. The van der Waals surface area contributed by atoms with Crippen LogP contribution in [0.3, 0.4) is 0 Å². The SMILES string of the molecule is O=C(N[C@@H]1CCOC2(CCOCC2)C1)[C@H]1C[C@@H]1c1cccc(F)c1. The van der Waals surface area contributed by atoms with Crippen LogP contribution in [-0.4, -0.2) is 37.4 Å². The summed E-state index contributed by atoms with van der Waals surface area (Å²) < 4.78 is 24.8. The quantitative estimate of drug-likeness (QED) is 0.925. The lowest BCUT2D eigenvalue weighted by atomic mass is 9.84. The highest BCUT2D eigenvalue weighted by atomic mass is 19.1. The number of hydrogen-bond acceptors (Lipinski definition) is 3. The van der Waals surface area contributed by atoms with Crippen LogP contribution < -0.4 is 5.32 Å². The topological polar surface area (TPSA) is 47.6 Å². The molecule has 3 atom stereocenters. The molecule has 1 N–H and O–H groups in total. The van der Waals surface area contributed by atoms with E-state index in [1.165, 1.54) is 6.07 Å². The van der Waals surface area contributed by atoms with E-state index in [1.54, 1.807) is 12.1 Å². The largest absolute Gasteiger partial charge is 0.381 e. The van der Waals surface area contributed by atoms with Crippen molar-refractivity contribution >= 4 is 5.91 Å². The van der Waals surface area contributed by atoms with Gasteiger partial charge in [-0.05, 0) is 55.7 Å². The van der Waals surface area contributed by atoms with Gasteiger partial charge < -0.3 is 14.8 Å². The first kappa shape index (κ1) is 16.0. The maximum atomic E-state index is 13.3. The second-order valence-corrected chi connectivity index (χ2v) is 7.35. The van der Waals surface area contributed by atoms with E-state index in [4.69, 9.17) is 9.47 Å². The lowest BCUT2D eigenvalue weighted by Crippen LogP contribution is -2.51. The summed E-state index contributed by atoms with van der Waals surface area (Å²) in [6.07, 6.45) is 4.38. The molecule has 1 amide bonds. The number of carbonyl (C=O) groups is 1. The number of halogens is 1. The summed E-state index contributed by atoms with van der Waals surface area (Å²) in [4.78, 5) is 12.5. The molecule has 2 aliphatic heterocycles. The van der Waals surface area contributed by atoms with Gasteiger partial charge in [-0.2, -0.15) is 0 Å². The molecule has 4 rings (SSSR count). The molecule has 1 spiro atoms. The molecule has 1 aliphatic carbocycles. The molecule has 0 radical (unpaired) electrons. The van der Waals surface area contributed by atoms with Gasteiger partial charge in [0.2, 0.25) is 5.91 Å². The third kappa shape index (κ3) is 3.33. The normalized spacial score (nSPS) is 31.6. The average Bonchev–Trinajstić information content (AvgIpc) is 3.36. The summed E-state index contributed by atoms with van der Waals surface area (Å²) in [5, 5.41) is 3.21. The van der Waals surface area contributed by atoms with Gasteiger partial charge in [0.05, 0.1) is 5.60 Å². The van der Waals surface area contributed by atoms with Crippen LogP contribution in [0.15, 0.2) is 24.3 Å². The van der Waals surface area contributed by atoms with Crippen LogP contribution in [0, 0.1) is 11.7 Å². The van der Waals surface area contributed by atoms with E-state index in [-0.39, 0.29) is 35.2 Å². The predicted molar refractivity (Wildman–Crippen MR) is 87.1 cm³/mol. The van der Waals surface area contributed by atoms with Gasteiger partial charge in [-0.3, -0.25) is 4.79 Å². The van der Waals surface area contributed by atoms with Crippen molar-refractivity contribution in [3.63, 3.8) is 0 Å². The minimum absolute atomic E-state index is 0.0136. The summed E-state index contributed by atoms with van der Waals surface area (Å²) in [6, 6.07) is 6.79. The monoisotopic (exact) mass is 333 g/mol. The van der Waals surface area contributed by atoms with Crippen molar-refractivity contribution in [2.45, 2.75) is 49.7 Å². The molecule has 2 heterocycles. The average molecular weight is 333 g/mol. The molecule has 1 aromatic carbocycles. The van der Waals surface area contributed by atoms with Crippen LogP contribution in [0.25, 0.3) is 0 Å². The number of rotatable bonds is 3. The first-order valence-corrected chi connectivity index (χ1v) is 8.93. The molecule has 0 unspecified atom stereocenters. The van der Waals surface area contributed by atoms with Gasteiger partial charge in [0.1, 0.15) is 5.82 Å². The van der Waals surface area contributed by atoms with Gasteiger partial charge in [-0.25, -0.2) is 4.39 Å². The Labute approximate surface area is 141 Å². The lowest BCUT2D eigenvalue weighted by molar-refractivity contribution is -0.144. The number of amides is 1. The van der Waals surface area contributed by atoms with Crippen molar-refractivity contribution < 1.29 is 18.7 Å². The van der Waals surface area contributed by atoms with Gasteiger partial charge in [0.25, 0.3) is 0 Å². The second-order valence-electron chi connectivity index (χ2n) is 7.35. The summed E-state index contributed by atoms with van der Waals surface area (Å²) in [7, 11) is 0. The number of hydrogen-bond donors (Lipinski definition) is 1. The zero-order chi connectivity index (χ0) is 16.6. The molecule has 130 valence electrons. The van der Waals surface area contributed by atoms with Gasteiger partial charge in [0, 0.05) is 31.8 Å². The highest BCUT2D eigenvalue weighted by molar-refractivity contribution is 5.83. The van der Waals surface area contributed by atoms with E-state index in [1.807, 2.05) is 6.07 Å². The lowest BCUT2D eigenvalue weighted by Gasteiger charge is -2.43. The van der Waals surface area contributed by atoms with E-state index in [2.05, 4.69) is 5.32 Å². The second kappa shape index (κ2) is 6.45. The van der Waals surface area contributed by atoms with Crippen LogP contribution in [-0.2, 0) is 14.3 Å². The zero-order valence-corrected chi connectivity index (χ0v) is 13.8. The van der Waals surface area contributed by atoms with E-state index >= 15 is 0 Å². The summed E-state index contributed by atoms with van der Waals surface area (Å²) in [6.45, 7) is 2.18. The Hall–Kier alpha value is -1.46. The first-order valence-electron chi connectivity index (χ1n) is 8.93. The standard InChI is InChI=1S/C19H24FNO3/c20-14-3-1-2-13(10-14)16-11-17(16)18(22)21-15-4-7-24-19(12-15)5-8-23-9-6-19/h1-3,10,15-17H,4-9,11-12H2,(H,21,22)/t15-,16-,17+/m1/s1. The Morgan fingerprint density at radius 2 is 2.08 bits per heavy atom. The highest BCUT2D eigenvalue weighted by Crippen LogP contribution is 2.48. The number of carbonyl (C=O) groups excluding carboxylic acids is 1. The minimum atomic E-state index is -0.232. The molecular weight excluding hydrogens is 309 g/mol. The minimum Gasteiger partial charge on any atom is -0.381 e. The molecule has 1 aromatic rings. The van der Waals surface area contributed by atoms with Gasteiger partial charge >= 0.3 is 0 Å². The zero-order valence-electron chi connectivity index (χ0n) is 13.8. The highest BCUT2D eigenvalue weighted by Gasteiger charge is 2.46. The predicted octanol–water partition coefficient (Wildman–Crippen LogP) is 2.77. The van der Waals surface area contributed by atoms with Crippen LogP contribution in [0.2, 0.25) is 0 Å². The Kier molecular flexibility index (Phi) is 4.31. The fraction of sp³-hybridized carbons (Fsp3) is 0.632. The van der Waals surface area contributed by atoms with Crippen molar-refractivity contribution in [3.05, 3.63) is 35.6 Å². The molecular formula is C19H24FNO3. The molecule has 2 saturated heterocycles. The van der Waals surface area contributed by atoms with Crippen LogP contribution in [0.4, 0.5) is 4.39 Å². The number of benzene rings is 1. The summed E-state index contributed by atoms with van der Waals surface area (Å²) in [5.74, 6) is 0.0284. The van der Waals surface area contributed by atoms with Gasteiger partial charge in [-0.1, -0.05) is 12.1 Å². The maximum absolute atomic E-state index is 13.3. The van der Waals surface area contributed by atoms with Crippen molar-refractivity contribution in [2.75, 3.05) is 19.8 Å². The van der Waals surface area contributed by atoms with Crippen molar-refractivity contribution in [2.24, 2.45) is 5.92 Å². The van der Waals surface area contributed by atoms with E-state index in [0.717, 1.165) is 50.9 Å². The van der Waals surface area contributed by atoms with Crippen molar-refractivity contribution in [3.8, 4) is 0 Å². The van der Waals surface area contributed by atoms with Crippen LogP contribution in [0.5, 0.6) is 0 Å². The molecule has 4 nitrogen and oxygen atoms in total. The molecule has 1 saturated carbocycles. The Morgan fingerprint density at radius 1 is 1.25 bits per heavy atom. The molecule has 5 heteroatoms. The van der Waals surface area contributed by atoms with E-state index < -0.39 is 0 Å². The Morgan fingerprint density at radius 3 is 2.88 bits per heavy atom. The van der Waals surface area contributed by atoms with E-state index in [9.17, 15) is 9.18 Å². The smallest absolute Gasteiger partial charge is 0.223 e. The number of nitrogens with one attached hydrogen (secondary N) is 1. The fourth-order valence-corrected chi connectivity index (χ4v) is 4.14. The molecule has 3 fully saturated rings. The molecule has 24 heavy (non-hydrogen) atoms. The Bertz CT molecular complexity index is 609. The summed E-state index contributed by atoms with van der Waals surface area (Å²) >= 11 is 0. The summed E-state index contributed by atoms with van der Waals surface area (Å²) in [5.41, 5.74) is 0.822. The fourth-order valence-electron chi connectivity index (χ4n) is 4.14. The van der Waals surface area contributed by atoms with E-state index in [0.29, 0.717) is 6.61 Å². The third-order valence-corrected chi connectivity index (χ3v) is 5.65. The third-order valence-electron chi connectivity index (χ3n) is 5.65. The van der Waals surface area contributed by atoms with Crippen LogP contribution in [0.1, 0.15) is 43.6 Å². The molecule has 0 aromatic heterocycles. The van der Waals surface area contributed by atoms with Gasteiger partial charge in [-0.15, -0.1) is 0 Å². The van der Waals surface area contributed by atoms with Crippen molar-refractivity contribution in [1.29, 1.82) is 0 Å².